The Kier molecular flexibility index (Phi) is 3.73. The third kappa shape index (κ3) is 2.38. The highest BCUT2D eigenvalue weighted by molar-refractivity contribution is 6.19. The number of benzene rings is 1. The Morgan fingerprint density at radius 3 is 2.47 bits per heavy atom. The molecule has 2 aromatic rings. The van der Waals surface area contributed by atoms with Gasteiger partial charge in [0.2, 0.25) is 0 Å². The van der Waals surface area contributed by atoms with Gasteiger partial charge < -0.3 is 10.1 Å². The normalized spacial score (nSPS) is 11.9. The molecule has 2 rings (SSSR count). The van der Waals surface area contributed by atoms with Gasteiger partial charge in [-0.25, -0.2) is 4.98 Å². The molecule has 3 radical (unpaired) electrons. The van der Waals surface area contributed by atoms with Gasteiger partial charge in [-0.15, -0.1) is 0 Å². The number of imidazole rings is 1. The summed E-state index contributed by atoms with van der Waals surface area (Å²) in [6, 6.07) is 7.47. The number of para-hydroxylation sites is 2. The number of Topliss-reactive ketones (excluding diaryl/α,β-unsaturated/α-hetero) is 1. The standard InChI is InChI=1S/C12H12N2O2.B/c1-7(15)11(8(2)16)12-13-9-5-3-4-6-10(9)14-12;/h3-6,15H,1-2H3,(H,13,14);. The second-order valence-electron chi connectivity index (χ2n) is 3.62. The number of fused-ring (bicyclic) bond motifs is 1. The first-order valence-corrected chi connectivity index (χ1v) is 4.95. The van der Waals surface area contributed by atoms with Crippen LogP contribution in [-0.4, -0.2) is 29.3 Å². The number of aliphatic hydroxyl groups is 1. The fourth-order valence-corrected chi connectivity index (χ4v) is 1.66. The molecule has 0 bridgehead atoms. The molecule has 0 atom stereocenters. The van der Waals surface area contributed by atoms with Gasteiger partial charge in [-0.1, -0.05) is 12.1 Å². The quantitative estimate of drug-likeness (QED) is 0.468. The Labute approximate surface area is 101 Å². The highest BCUT2D eigenvalue weighted by atomic mass is 16.3. The number of nitrogens with zero attached hydrogens (tertiary/aromatic N) is 1. The van der Waals surface area contributed by atoms with Crippen LogP contribution in [0.2, 0.25) is 0 Å². The summed E-state index contributed by atoms with van der Waals surface area (Å²) in [5.41, 5.74) is 1.85. The predicted octanol–water partition coefficient (Wildman–Crippen LogP) is 2.06. The van der Waals surface area contributed by atoms with E-state index in [9.17, 15) is 9.90 Å². The van der Waals surface area contributed by atoms with Gasteiger partial charge in [0.25, 0.3) is 0 Å². The van der Waals surface area contributed by atoms with Gasteiger partial charge in [-0.3, -0.25) is 4.79 Å². The van der Waals surface area contributed by atoms with Crippen molar-refractivity contribution in [1.29, 1.82) is 0 Å². The molecule has 0 unspecified atom stereocenters. The largest absolute Gasteiger partial charge is 0.512 e. The molecule has 1 aromatic heterocycles. The van der Waals surface area contributed by atoms with Crippen molar-refractivity contribution in [2.45, 2.75) is 13.8 Å². The van der Waals surface area contributed by atoms with Gasteiger partial charge in [0.1, 0.15) is 11.6 Å². The highest BCUT2D eigenvalue weighted by Gasteiger charge is 2.15. The summed E-state index contributed by atoms with van der Waals surface area (Å²) in [7, 11) is 0. The maximum atomic E-state index is 11.4. The van der Waals surface area contributed by atoms with E-state index in [1.165, 1.54) is 13.8 Å². The molecule has 0 saturated carbocycles. The maximum absolute atomic E-state index is 11.4. The van der Waals surface area contributed by atoms with Gasteiger partial charge in [0, 0.05) is 8.41 Å². The van der Waals surface area contributed by atoms with Crippen LogP contribution in [0.4, 0.5) is 0 Å². The summed E-state index contributed by atoms with van der Waals surface area (Å²) >= 11 is 0. The Bertz CT molecular complexity index is 550. The van der Waals surface area contributed by atoms with E-state index in [2.05, 4.69) is 9.97 Å². The second kappa shape index (κ2) is 4.87. The van der Waals surface area contributed by atoms with Crippen molar-refractivity contribution in [3.63, 3.8) is 0 Å². The van der Waals surface area contributed by atoms with Crippen molar-refractivity contribution < 1.29 is 9.90 Å². The number of nitrogens with one attached hydrogen (secondary N) is 1. The minimum absolute atomic E-state index is 0. The van der Waals surface area contributed by atoms with E-state index in [0.29, 0.717) is 5.82 Å². The number of hydrogen-bond acceptors (Lipinski definition) is 3. The third-order valence-corrected chi connectivity index (χ3v) is 2.34. The summed E-state index contributed by atoms with van der Waals surface area (Å²) in [5, 5.41) is 9.46. The fraction of sp³-hybridized carbons (Fsp3) is 0.167. The lowest BCUT2D eigenvalue weighted by atomic mass is 10.1. The molecule has 0 amide bonds. The van der Waals surface area contributed by atoms with E-state index < -0.39 is 0 Å². The second-order valence-corrected chi connectivity index (χ2v) is 3.62. The number of carbonyl (C=O) groups is 1. The number of rotatable bonds is 2. The van der Waals surface area contributed by atoms with Crippen LogP contribution in [0.25, 0.3) is 16.6 Å². The SMILES string of the molecule is CC(=O)C(=C(C)O)c1nc2ccccc2[nH]1.[B]. The lowest BCUT2D eigenvalue weighted by Crippen LogP contribution is -2.01. The van der Waals surface area contributed by atoms with Crippen LogP contribution in [0.15, 0.2) is 30.0 Å². The van der Waals surface area contributed by atoms with Gasteiger partial charge in [-0.05, 0) is 26.0 Å². The molecule has 17 heavy (non-hydrogen) atoms. The molecule has 1 aromatic carbocycles. The number of aromatic amines is 1. The van der Waals surface area contributed by atoms with Gasteiger partial charge in [-0.2, -0.15) is 0 Å². The van der Waals surface area contributed by atoms with E-state index in [1.807, 2.05) is 24.3 Å². The van der Waals surface area contributed by atoms with Gasteiger partial charge in [0.15, 0.2) is 5.78 Å². The number of allylic oxidation sites excluding steroid dienone is 2. The maximum Gasteiger partial charge on any atom is 0.166 e. The van der Waals surface area contributed by atoms with Crippen molar-refractivity contribution in [3.05, 3.63) is 35.8 Å². The summed E-state index contributed by atoms with van der Waals surface area (Å²) in [5.74, 6) is 0.180. The Morgan fingerprint density at radius 2 is 1.94 bits per heavy atom. The molecule has 85 valence electrons. The predicted molar refractivity (Wildman–Crippen MR) is 67.8 cm³/mol. The van der Waals surface area contributed by atoms with Gasteiger partial charge >= 0.3 is 0 Å². The molecular weight excluding hydrogens is 215 g/mol. The fourth-order valence-electron chi connectivity index (χ4n) is 1.66. The monoisotopic (exact) mass is 227 g/mol. The molecule has 1 heterocycles. The first-order valence-electron chi connectivity index (χ1n) is 4.95. The molecule has 0 saturated heterocycles. The van der Waals surface area contributed by atoms with Crippen LogP contribution in [0.3, 0.4) is 0 Å². The van der Waals surface area contributed by atoms with Crippen LogP contribution in [-0.2, 0) is 4.79 Å². The smallest absolute Gasteiger partial charge is 0.166 e. The van der Waals surface area contributed by atoms with Gasteiger partial charge in [0.05, 0.1) is 16.6 Å². The minimum Gasteiger partial charge on any atom is -0.512 e. The summed E-state index contributed by atoms with van der Waals surface area (Å²) in [6.45, 7) is 2.88. The molecule has 5 heteroatoms. The molecule has 0 aliphatic heterocycles. The zero-order chi connectivity index (χ0) is 11.7. The van der Waals surface area contributed by atoms with Crippen molar-refractivity contribution in [2.75, 3.05) is 0 Å². The van der Waals surface area contributed by atoms with E-state index in [1.54, 1.807) is 0 Å². The number of hydrogen-bond donors (Lipinski definition) is 2. The van der Waals surface area contributed by atoms with Crippen LogP contribution >= 0.6 is 0 Å². The van der Waals surface area contributed by atoms with E-state index in [4.69, 9.17) is 0 Å². The Morgan fingerprint density at radius 1 is 1.29 bits per heavy atom. The van der Waals surface area contributed by atoms with Crippen molar-refractivity contribution in [1.82, 2.24) is 9.97 Å². The molecule has 0 spiro atoms. The first kappa shape index (κ1) is 13.0. The minimum atomic E-state index is -0.209. The highest BCUT2D eigenvalue weighted by Crippen LogP contribution is 2.19. The molecular formula is C12H12BN2O2. The lowest BCUT2D eigenvalue weighted by Gasteiger charge is -1.99. The van der Waals surface area contributed by atoms with E-state index >= 15 is 0 Å². The lowest BCUT2D eigenvalue weighted by molar-refractivity contribution is -0.111. The Balaban J connectivity index is 0.00000144. The van der Waals surface area contributed by atoms with Crippen LogP contribution < -0.4 is 0 Å². The zero-order valence-electron chi connectivity index (χ0n) is 9.69. The number of H-pyrrole nitrogens is 1. The summed E-state index contributed by atoms with van der Waals surface area (Å²) < 4.78 is 0. The molecule has 4 nitrogen and oxygen atoms in total. The van der Waals surface area contributed by atoms with Crippen LogP contribution in [0.5, 0.6) is 0 Å². The average Bonchev–Trinajstić information content (AvgIpc) is 2.58. The number of ketones is 1. The average molecular weight is 227 g/mol. The number of aliphatic hydroxyl groups excluding tert-OH is 1. The van der Waals surface area contributed by atoms with Crippen molar-refractivity contribution in [2.24, 2.45) is 0 Å². The van der Waals surface area contributed by atoms with E-state index in [-0.39, 0.29) is 25.5 Å². The van der Waals surface area contributed by atoms with Crippen LogP contribution in [0.1, 0.15) is 19.7 Å². The molecule has 0 fully saturated rings. The third-order valence-electron chi connectivity index (χ3n) is 2.34. The molecule has 0 aliphatic rings. The topological polar surface area (TPSA) is 66.0 Å². The number of aromatic nitrogens is 2. The first-order chi connectivity index (χ1) is 7.59. The summed E-state index contributed by atoms with van der Waals surface area (Å²) in [6.07, 6.45) is 0. The van der Waals surface area contributed by atoms with Crippen molar-refractivity contribution >= 4 is 30.8 Å². The molecule has 0 aliphatic carbocycles. The number of carbonyl (C=O) groups excluding carboxylic acids is 1. The Hall–Kier alpha value is -2.04. The molecule has 2 N–H and O–H groups in total. The van der Waals surface area contributed by atoms with Crippen molar-refractivity contribution in [3.8, 4) is 0 Å². The van der Waals surface area contributed by atoms with E-state index in [0.717, 1.165) is 11.0 Å². The zero-order valence-corrected chi connectivity index (χ0v) is 9.69. The van der Waals surface area contributed by atoms with Crippen LogP contribution in [0, 0.1) is 0 Å². The summed E-state index contributed by atoms with van der Waals surface area (Å²) in [4.78, 5) is 18.7.